The molecule has 2 heterocycles. The van der Waals surface area contributed by atoms with Crippen LogP contribution in [0.15, 0.2) is 10.9 Å². The lowest BCUT2D eigenvalue weighted by atomic mass is 10.1. The van der Waals surface area contributed by atoms with Gasteiger partial charge < -0.3 is 15.2 Å². The molecular formula is C9H14N4O2. The smallest absolute Gasteiger partial charge is 0.239 e. The van der Waals surface area contributed by atoms with Gasteiger partial charge in [0, 0.05) is 19.5 Å². The van der Waals surface area contributed by atoms with E-state index in [1.54, 1.807) is 4.90 Å². The van der Waals surface area contributed by atoms with Crippen molar-refractivity contribution in [1.29, 1.82) is 0 Å². The molecular weight excluding hydrogens is 196 g/mol. The van der Waals surface area contributed by atoms with E-state index in [0.29, 0.717) is 18.9 Å². The number of hydrogen-bond donors (Lipinski definition) is 1. The third kappa shape index (κ3) is 2.33. The van der Waals surface area contributed by atoms with Gasteiger partial charge in [0.05, 0.1) is 6.04 Å². The number of amides is 1. The fourth-order valence-corrected chi connectivity index (χ4v) is 1.73. The highest BCUT2D eigenvalue weighted by atomic mass is 16.5. The zero-order valence-electron chi connectivity index (χ0n) is 8.43. The van der Waals surface area contributed by atoms with Gasteiger partial charge in [0.15, 0.2) is 6.33 Å². The second-order valence-electron chi connectivity index (χ2n) is 3.66. The second kappa shape index (κ2) is 4.39. The van der Waals surface area contributed by atoms with Crippen LogP contribution in [0.2, 0.25) is 0 Å². The number of nitrogens with two attached hydrogens (primary N) is 1. The number of carbonyl (C=O) groups is 1. The van der Waals surface area contributed by atoms with Crippen molar-refractivity contribution >= 4 is 5.91 Å². The van der Waals surface area contributed by atoms with Crippen LogP contribution in [0.25, 0.3) is 0 Å². The van der Waals surface area contributed by atoms with E-state index in [-0.39, 0.29) is 11.9 Å². The predicted octanol–water partition coefficient (Wildman–Crippen LogP) is -0.438. The molecule has 1 atom stereocenters. The van der Waals surface area contributed by atoms with E-state index in [2.05, 4.69) is 10.1 Å². The van der Waals surface area contributed by atoms with Gasteiger partial charge in [-0.3, -0.25) is 4.79 Å². The first-order valence-corrected chi connectivity index (χ1v) is 5.07. The van der Waals surface area contributed by atoms with Crippen molar-refractivity contribution in [2.24, 2.45) is 5.73 Å². The fourth-order valence-electron chi connectivity index (χ4n) is 1.73. The van der Waals surface area contributed by atoms with E-state index in [4.69, 9.17) is 10.3 Å². The largest absolute Gasteiger partial charge is 0.341 e. The summed E-state index contributed by atoms with van der Waals surface area (Å²) in [5.74, 6) is 0.586. The molecule has 82 valence electrons. The van der Waals surface area contributed by atoms with Gasteiger partial charge >= 0.3 is 0 Å². The van der Waals surface area contributed by atoms with Gasteiger partial charge in [-0.1, -0.05) is 5.16 Å². The van der Waals surface area contributed by atoms with Gasteiger partial charge in [0.25, 0.3) is 0 Å². The van der Waals surface area contributed by atoms with Crippen LogP contribution in [0.4, 0.5) is 0 Å². The number of likely N-dealkylation sites (tertiary alicyclic amines) is 1. The lowest BCUT2D eigenvalue weighted by molar-refractivity contribution is -0.134. The molecule has 2 rings (SSSR count). The van der Waals surface area contributed by atoms with E-state index < -0.39 is 0 Å². The molecule has 1 saturated heterocycles. The van der Waals surface area contributed by atoms with Crippen molar-refractivity contribution in [3.8, 4) is 0 Å². The normalized spacial score (nSPS) is 22.1. The van der Waals surface area contributed by atoms with Gasteiger partial charge in [-0.05, 0) is 12.8 Å². The maximum absolute atomic E-state index is 11.6. The van der Waals surface area contributed by atoms with Crippen molar-refractivity contribution in [1.82, 2.24) is 15.0 Å². The molecule has 1 aromatic rings. The highest BCUT2D eigenvalue weighted by molar-refractivity contribution is 5.82. The molecule has 0 radical (unpaired) electrons. The Morgan fingerprint density at radius 1 is 1.67 bits per heavy atom. The van der Waals surface area contributed by atoms with Gasteiger partial charge in [-0.2, -0.15) is 4.98 Å². The summed E-state index contributed by atoms with van der Waals surface area (Å²) in [6.07, 6.45) is 3.71. The number of carbonyl (C=O) groups excluding carboxylic acids is 1. The molecule has 2 N–H and O–H groups in total. The molecule has 1 unspecified atom stereocenters. The third-order valence-corrected chi connectivity index (χ3v) is 2.57. The first-order valence-electron chi connectivity index (χ1n) is 5.07. The molecule has 1 fully saturated rings. The van der Waals surface area contributed by atoms with Crippen LogP contribution in [0.3, 0.4) is 0 Å². The molecule has 1 aliphatic heterocycles. The van der Waals surface area contributed by atoms with Gasteiger partial charge in [0.2, 0.25) is 11.8 Å². The monoisotopic (exact) mass is 210 g/mol. The second-order valence-corrected chi connectivity index (χ2v) is 3.66. The van der Waals surface area contributed by atoms with E-state index >= 15 is 0 Å². The number of piperidine rings is 1. The van der Waals surface area contributed by atoms with Crippen molar-refractivity contribution in [3.63, 3.8) is 0 Å². The van der Waals surface area contributed by atoms with Crippen LogP contribution < -0.4 is 5.73 Å². The minimum absolute atomic E-state index is 0.0285. The summed E-state index contributed by atoms with van der Waals surface area (Å²) in [6, 6.07) is -0.332. The summed E-state index contributed by atoms with van der Waals surface area (Å²) in [6.45, 7) is 1.38. The van der Waals surface area contributed by atoms with Crippen molar-refractivity contribution in [2.45, 2.75) is 25.3 Å². The Balaban J connectivity index is 1.86. The summed E-state index contributed by atoms with van der Waals surface area (Å²) >= 11 is 0. The van der Waals surface area contributed by atoms with Crippen LogP contribution in [0.5, 0.6) is 0 Å². The molecule has 0 aliphatic carbocycles. The van der Waals surface area contributed by atoms with Gasteiger partial charge in [-0.25, -0.2) is 0 Å². The Morgan fingerprint density at radius 3 is 3.27 bits per heavy atom. The Kier molecular flexibility index (Phi) is 2.96. The maximum Gasteiger partial charge on any atom is 0.239 e. The topological polar surface area (TPSA) is 85.2 Å². The number of hydrogen-bond acceptors (Lipinski definition) is 5. The molecule has 6 nitrogen and oxygen atoms in total. The molecule has 6 heteroatoms. The lowest BCUT2D eigenvalue weighted by Gasteiger charge is -2.29. The maximum atomic E-state index is 11.6. The van der Waals surface area contributed by atoms with Crippen LogP contribution >= 0.6 is 0 Å². The fraction of sp³-hybridized carbons (Fsp3) is 0.667. The Morgan fingerprint density at radius 2 is 2.53 bits per heavy atom. The van der Waals surface area contributed by atoms with Crippen molar-refractivity contribution in [3.05, 3.63) is 12.2 Å². The molecule has 1 amide bonds. The minimum Gasteiger partial charge on any atom is -0.341 e. The Bertz CT molecular complexity index is 325. The summed E-state index contributed by atoms with van der Waals surface area (Å²) in [5.41, 5.74) is 5.67. The average molecular weight is 210 g/mol. The summed E-state index contributed by atoms with van der Waals surface area (Å²) in [7, 11) is 0. The summed E-state index contributed by atoms with van der Waals surface area (Å²) in [4.78, 5) is 17.3. The van der Waals surface area contributed by atoms with Crippen molar-refractivity contribution < 1.29 is 9.32 Å². The molecule has 0 saturated carbocycles. The number of rotatable bonds is 3. The SMILES string of the molecule is NC1CCCN(CCc2ncno2)C1=O. The predicted molar refractivity (Wildman–Crippen MR) is 51.8 cm³/mol. The first kappa shape index (κ1) is 10.1. The highest BCUT2D eigenvalue weighted by Gasteiger charge is 2.25. The number of nitrogens with zero attached hydrogens (tertiary/aromatic N) is 3. The molecule has 15 heavy (non-hydrogen) atoms. The molecule has 0 bridgehead atoms. The zero-order chi connectivity index (χ0) is 10.7. The summed E-state index contributed by atoms with van der Waals surface area (Å²) in [5, 5.41) is 3.51. The van der Waals surface area contributed by atoms with E-state index in [1.807, 2.05) is 0 Å². The lowest BCUT2D eigenvalue weighted by Crippen LogP contribution is -2.48. The first-order chi connectivity index (χ1) is 7.27. The average Bonchev–Trinajstić information content (AvgIpc) is 2.73. The molecule has 1 aromatic heterocycles. The van der Waals surface area contributed by atoms with Crippen molar-refractivity contribution in [2.75, 3.05) is 13.1 Å². The third-order valence-electron chi connectivity index (χ3n) is 2.57. The summed E-state index contributed by atoms with van der Waals surface area (Å²) < 4.78 is 4.86. The van der Waals surface area contributed by atoms with E-state index in [9.17, 15) is 4.79 Å². The standard InChI is InChI=1S/C9H14N4O2/c10-7-2-1-4-13(9(7)14)5-3-8-11-6-12-15-8/h6-7H,1-5,10H2. The molecule has 0 aromatic carbocycles. The quantitative estimate of drug-likeness (QED) is 0.731. The van der Waals surface area contributed by atoms with Crippen LogP contribution in [-0.2, 0) is 11.2 Å². The van der Waals surface area contributed by atoms with Crippen LogP contribution in [0, 0.1) is 0 Å². The van der Waals surface area contributed by atoms with Crippen LogP contribution in [0.1, 0.15) is 18.7 Å². The minimum atomic E-state index is -0.332. The number of aromatic nitrogens is 2. The van der Waals surface area contributed by atoms with Gasteiger partial charge in [-0.15, -0.1) is 0 Å². The van der Waals surface area contributed by atoms with E-state index in [0.717, 1.165) is 19.4 Å². The molecule has 1 aliphatic rings. The van der Waals surface area contributed by atoms with Gasteiger partial charge in [0.1, 0.15) is 0 Å². The van der Waals surface area contributed by atoms with E-state index in [1.165, 1.54) is 6.33 Å². The van der Waals surface area contributed by atoms with Crippen LogP contribution in [-0.4, -0.2) is 40.1 Å². The zero-order valence-corrected chi connectivity index (χ0v) is 8.43. The molecule has 0 spiro atoms. The Hall–Kier alpha value is -1.43. The Labute approximate surface area is 87.4 Å². The highest BCUT2D eigenvalue weighted by Crippen LogP contribution is 2.10.